The van der Waals surface area contributed by atoms with Crippen molar-refractivity contribution < 1.29 is 5.11 Å². The summed E-state index contributed by atoms with van der Waals surface area (Å²) < 4.78 is 0.474. The van der Waals surface area contributed by atoms with Crippen molar-refractivity contribution in [3.05, 3.63) is 38.0 Å². The number of hydrogen-bond donors (Lipinski definition) is 1. The lowest BCUT2D eigenvalue weighted by Gasteiger charge is -2.08. The minimum atomic E-state index is 0.258. The molecule has 0 atom stereocenters. The molecule has 1 aromatic carbocycles. The molecule has 94 valence electrons. The first kappa shape index (κ1) is 13.6. The summed E-state index contributed by atoms with van der Waals surface area (Å²) >= 11 is 15.1. The Hall–Kier alpha value is -0.840. The second-order valence-electron chi connectivity index (χ2n) is 3.90. The van der Waals surface area contributed by atoms with E-state index < -0.39 is 0 Å². The fourth-order valence-electron chi connectivity index (χ4n) is 1.61. The van der Waals surface area contributed by atoms with Crippen LogP contribution in [-0.2, 0) is 0 Å². The molecule has 6 heteroatoms. The summed E-state index contributed by atoms with van der Waals surface area (Å²) in [5.74, 6) is 0.701. The number of nitrogens with zero attached hydrogens (tertiary/aromatic N) is 2. The largest absolute Gasteiger partial charge is 0.507 e. The second kappa shape index (κ2) is 5.03. The van der Waals surface area contributed by atoms with Gasteiger partial charge in [-0.15, -0.1) is 0 Å². The SMILES string of the molecule is Cc1cc(-c2nc(Cl)c(Br)c(Cl)n2)cc(C)c1O. The summed E-state index contributed by atoms with van der Waals surface area (Å²) in [5, 5.41) is 10.2. The minimum absolute atomic E-state index is 0.258. The van der Waals surface area contributed by atoms with Crippen LogP contribution in [0.15, 0.2) is 16.6 Å². The summed E-state index contributed by atoms with van der Waals surface area (Å²) in [6, 6.07) is 3.58. The van der Waals surface area contributed by atoms with Gasteiger partial charge in [0.1, 0.15) is 16.1 Å². The number of aryl methyl sites for hydroxylation is 2. The molecule has 0 aliphatic carbocycles. The Morgan fingerprint density at radius 3 is 1.94 bits per heavy atom. The highest BCUT2D eigenvalue weighted by Gasteiger charge is 2.12. The maximum atomic E-state index is 9.73. The van der Waals surface area contributed by atoms with Crippen LogP contribution in [0.4, 0.5) is 0 Å². The third kappa shape index (κ3) is 2.46. The van der Waals surface area contributed by atoms with Crippen LogP contribution in [0.25, 0.3) is 11.4 Å². The van der Waals surface area contributed by atoms with Gasteiger partial charge in [0.2, 0.25) is 0 Å². The fourth-order valence-corrected chi connectivity index (χ4v) is 2.17. The van der Waals surface area contributed by atoms with E-state index >= 15 is 0 Å². The van der Waals surface area contributed by atoms with Gasteiger partial charge in [0.15, 0.2) is 5.82 Å². The van der Waals surface area contributed by atoms with Gasteiger partial charge in [-0.1, -0.05) is 23.2 Å². The van der Waals surface area contributed by atoms with Gasteiger partial charge < -0.3 is 5.11 Å². The summed E-state index contributed by atoms with van der Waals surface area (Å²) in [7, 11) is 0. The standard InChI is InChI=1S/C12H9BrCl2N2O/c1-5-3-7(4-6(2)9(5)18)12-16-10(14)8(13)11(15)17-12/h3-4,18H,1-2H3. The molecule has 0 saturated heterocycles. The Labute approximate surface area is 123 Å². The van der Waals surface area contributed by atoms with Gasteiger partial charge in [-0.25, -0.2) is 9.97 Å². The Morgan fingerprint density at radius 2 is 1.50 bits per heavy atom. The van der Waals surface area contributed by atoms with Crippen LogP contribution in [0.2, 0.25) is 10.3 Å². The normalized spacial score (nSPS) is 10.7. The number of hydrogen-bond acceptors (Lipinski definition) is 3. The first-order valence-electron chi connectivity index (χ1n) is 5.09. The van der Waals surface area contributed by atoms with Crippen molar-refractivity contribution in [1.82, 2.24) is 9.97 Å². The Kier molecular flexibility index (Phi) is 3.80. The van der Waals surface area contributed by atoms with Crippen LogP contribution >= 0.6 is 39.1 Å². The quantitative estimate of drug-likeness (QED) is 0.770. The lowest BCUT2D eigenvalue weighted by atomic mass is 10.1. The number of aromatic nitrogens is 2. The third-order valence-corrected chi connectivity index (χ3v) is 4.27. The number of phenolic OH excluding ortho intramolecular Hbond substituents is 1. The highest BCUT2D eigenvalue weighted by molar-refractivity contribution is 9.10. The van der Waals surface area contributed by atoms with Crippen LogP contribution in [0, 0.1) is 13.8 Å². The van der Waals surface area contributed by atoms with Crippen LogP contribution in [-0.4, -0.2) is 15.1 Å². The van der Waals surface area contributed by atoms with E-state index in [-0.39, 0.29) is 16.1 Å². The van der Waals surface area contributed by atoms with Crippen molar-refractivity contribution in [1.29, 1.82) is 0 Å². The Morgan fingerprint density at radius 1 is 1.06 bits per heavy atom. The third-order valence-electron chi connectivity index (χ3n) is 2.52. The van der Waals surface area contributed by atoms with Crippen molar-refractivity contribution in [3.63, 3.8) is 0 Å². The van der Waals surface area contributed by atoms with E-state index in [0.717, 1.165) is 16.7 Å². The number of phenols is 1. The van der Waals surface area contributed by atoms with Crippen molar-refractivity contribution in [2.45, 2.75) is 13.8 Å². The molecule has 0 fully saturated rings. The molecule has 0 aliphatic rings. The van der Waals surface area contributed by atoms with E-state index in [4.69, 9.17) is 23.2 Å². The molecule has 0 aliphatic heterocycles. The van der Waals surface area contributed by atoms with Crippen LogP contribution in [0.1, 0.15) is 11.1 Å². The van der Waals surface area contributed by atoms with Gasteiger partial charge in [-0.2, -0.15) is 0 Å². The Bertz CT molecular complexity index is 530. The summed E-state index contributed by atoms with van der Waals surface area (Å²) in [4.78, 5) is 8.31. The van der Waals surface area contributed by atoms with Crippen molar-refractivity contribution >= 4 is 39.1 Å². The zero-order chi connectivity index (χ0) is 13.4. The predicted molar refractivity (Wildman–Crippen MR) is 76.3 cm³/mol. The molecule has 1 heterocycles. The van der Waals surface area contributed by atoms with E-state index in [1.54, 1.807) is 12.1 Å². The minimum Gasteiger partial charge on any atom is -0.507 e. The molecule has 1 aromatic heterocycles. The smallest absolute Gasteiger partial charge is 0.162 e. The number of rotatable bonds is 1. The lowest BCUT2D eigenvalue weighted by molar-refractivity contribution is 0.467. The number of aromatic hydroxyl groups is 1. The lowest BCUT2D eigenvalue weighted by Crippen LogP contribution is -1.93. The van der Waals surface area contributed by atoms with E-state index in [1.165, 1.54) is 0 Å². The average Bonchev–Trinajstić information content (AvgIpc) is 2.31. The van der Waals surface area contributed by atoms with Gasteiger partial charge >= 0.3 is 0 Å². The maximum Gasteiger partial charge on any atom is 0.162 e. The molecule has 0 radical (unpaired) electrons. The molecule has 2 aromatic rings. The molecule has 0 spiro atoms. The molecule has 0 unspecified atom stereocenters. The highest BCUT2D eigenvalue weighted by atomic mass is 79.9. The highest BCUT2D eigenvalue weighted by Crippen LogP contribution is 2.32. The van der Waals surface area contributed by atoms with Crippen molar-refractivity contribution in [2.24, 2.45) is 0 Å². The van der Waals surface area contributed by atoms with Gasteiger partial charge in [0, 0.05) is 5.56 Å². The molecular formula is C12H9BrCl2N2O. The average molecular weight is 348 g/mol. The first-order valence-corrected chi connectivity index (χ1v) is 6.64. The van der Waals surface area contributed by atoms with Gasteiger partial charge in [0.05, 0.1) is 4.47 Å². The topological polar surface area (TPSA) is 46.0 Å². The molecule has 0 saturated carbocycles. The van der Waals surface area contributed by atoms with Gasteiger partial charge in [0.25, 0.3) is 0 Å². The summed E-state index contributed by atoms with van der Waals surface area (Å²) in [6.07, 6.45) is 0. The molecule has 0 amide bonds. The van der Waals surface area contributed by atoms with E-state index in [2.05, 4.69) is 25.9 Å². The monoisotopic (exact) mass is 346 g/mol. The predicted octanol–water partition coefficient (Wildman–Crippen LogP) is 4.54. The van der Waals surface area contributed by atoms with Crippen molar-refractivity contribution in [2.75, 3.05) is 0 Å². The first-order chi connectivity index (χ1) is 8.40. The number of halogens is 3. The molecule has 0 bridgehead atoms. The molecule has 2 rings (SSSR count). The van der Waals surface area contributed by atoms with Crippen molar-refractivity contribution in [3.8, 4) is 17.1 Å². The second-order valence-corrected chi connectivity index (χ2v) is 5.41. The zero-order valence-corrected chi connectivity index (χ0v) is 12.7. The van der Waals surface area contributed by atoms with Crippen LogP contribution in [0.3, 0.4) is 0 Å². The molecular weight excluding hydrogens is 339 g/mol. The fraction of sp³-hybridized carbons (Fsp3) is 0.167. The molecule has 1 N–H and O–H groups in total. The maximum absolute atomic E-state index is 9.73. The van der Waals surface area contributed by atoms with E-state index in [0.29, 0.717) is 10.3 Å². The molecule has 3 nitrogen and oxygen atoms in total. The van der Waals surface area contributed by atoms with Crippen LogP contribution in [0.5, 0.6) is 5.75 Å². The zero-order valence-electron chi connectivity index (χ0n) is 9.63. The summed E-state index contributed by atoms with van der Waals surface area (Å²) in [5.41, 5.74) is 2.27. The Balaban J connectivity index is 2.63. The number of benzene rings is 1. The molecule has 18 heavy (non-hydrogen) atoms. The van der Waals surface area contributed by atoms with Gasteiger partial charge in [-0.3, -0.25) is 0 Å². The van der Waals surface area contributed by atoms with E-state index in [1.807, 2.05) is 13.8 Å². The van der Waals surface area contributed by atoms with Gasteiger partial charge in [-0.05, 0) is 53.0 Å². The van der Waals surface area contributed by atoms with Crippen LogP contribution < -0.4 is 0 Å². The van der Waals surface area contributed by atoms with E-state index in [9.17, 15) is 5.11 Å². The summed E-state index contributed by atoms with van der Waals surface area (Å²) in [6.45, 7) is 3.63.